The molecule has 66 valence electrons. The van der Waals surface area contributed by atoms with Crippen molar-refractivity contribution in [3.8, 4) is 0 Å². The highest BCUT2D eigenvalue weighted by Crippen LogP contribution is 1.97. The van der Waals surface area contributed by atoms with E-state index in [0.29, 0.717) is 12.1 Å². The molecule has 2 heteroatoms. The molecule has 0 heterocycles. The summed E-state index contributed by atoms with van der Waals surface area (Å²) in [4.78, 5) is 0. The van der Waals surface area contributed by atoms with Gasteiger partial charge >= 0.3 is 0 Å². The van der Waals surface area contributed by atoms with Crippen molar-refractivity contribution >= 4 is 0 Å². The number of aliphatic hydroxyl groups excluding tert-OH is 1. The number of hydrogen-bond acceptors (Lipinski definition) is 2. The van der Waals surface area contributed by atoms with Crippen molar-refractivity contribution in [1.82, 2.24) is 5.32 Å². The molecule has 0 aromatic rings. The molecule has 0 aromatic heterocycles. The van der Waals surface area contributed by atoms with Gasteiger partial charge in [-0.15, -0.1) is 6.58 Å². The van der Waals surface area contributed by atoms with Crippen LogP contribution in [-0.4, -0.2) is 23.3 Å². The second-order valence-corrected chi connectivity index (χ2v) is 3.18. The minimum Gasteiger partial charge on any atom is -0.393 e. The average Bonchev–Trinajstić information content (AvgIpc) is 1.85. The lowest BCUT2D eigenvalue weighted by molar-refractivity contribution is 0.169. The van der Waals surface area contributed by atoms with Gasteiger partial charge in [0.05, 0.1) is 6.10 Å². The summed E-state index contributed by atoms with van der Waals surface area (Å²) >= 11 is 0. The molecule has 0 aliphatic heterocycles. The highest BCUT2D eigenvalue weighted by atomic mass is 16.3. The van der Waals surface area contributed by atoms with Gasteiger partial charge in [0.1, 0.15) is 0 Å². The summed E-state index contributed by atoms with van der Waals surface area (Å²) in [6.45, 7) is 9.58. The first-order valence-electron chi connectivity index (χ1n) is 4.13. The molecule has 2 N–H and O–H groups in total. The van der Waals surface area contributed by atoms with Crippen molar-refractivity contribution in [3.63, 3.8) is 0 Å². The summed E-state index contributed by atoms with van der Waals surface area (Å²) in [5.41, 5.74) is 0. The molecule has 0 radical (unpaired) electrons. The number of hydrogen-bond donors (Lipinski definition) is 2. The van der Waals surface area contributed by atoms with E-state index in [1.807, 2.05) is 13.0 Å². The van der Waals surface area contributed by atoms with Gasteiger partial charge in [0, 0.05) is 12.1 Å². The maximum absolute atomic E-state index is 9.04. The monoisotopic (exact) mass is 157 g/mol. The van der Waals surface area contributed by atoms with E-state index in [-0.39, 0.29) is 6.10 Å². The van der Waals surface area contributed by atoms with E-state index in [1.54, 1.807) is 6.92 Å². The Hall–Kier alpha value is -0.340. The number of aliphatic hydroxyl groups is 1. The largest absolute Gasteiger partial charge is 0.393 e. The van der Waals surface area contributed by atoms with Crippen molar-refractivity contribution in [2.24, 2.45) is 0 Å². The van der Waals surface area contributed by atoms with Crippen LogP contribution in [0, 0.1) is 0 Å². The Labute approximate surface area is 69.3 Å². The van der Waals surface area contributed by atoms with E-state index in [2.05, 4.69) is 18.8 Å². The normalized spacial score (nSPS) is 18.9. The van der Waals surface area contributed by atoms with Gasteiger partial charge < -0.3 is 10.4 Å². The zero-order chi connectivity index (χ0) is 8.85. The quantitative estimate of drug-likeness (QED) is 0.590. The van der Waals surface area contributed by atoms with Crippen LogP contribution in [0.25, 0.3) is 0 Å². The van der Waals surface area contributed by atoms with Crippen LogP contribution in [0.15, 0.2) is 12.7 Å². The Bertz CT molecular complexity index is 112. The predicted octanol–water partition coefficient (Wildman–Crippen LogP) is 1.31. The van der Waals surface area contributed by atoms with Crippen molar-refractivity contribution in [3.05, 3.63) is 12.7 Å². The van der Waals surface area contributed by atoms with Crippen LogP contribution in [0.5, 0.6) is 0 Å². The van der Waals surface area contributed by atoms with Crippen molar-refractivity contribution < 1.29 is 5.11 Å². The third kappa shape index (κ3) is 6.07. The van der Waals surface area contributed by atoms with E-state index in [9.17, 15) is 0 Å². The second kappa shape index (κ2) is 5.33. The van der Waals surface area contributed by atoms with E-state index in [0.717, 1.165) is 6.42 Å². The molecule has 0 bridgehead atoms. The summed E-state index contributed by atoms with van der Waals surface area (Å²) in [6, 6.07) is 0.673. The van der Waals surface area contributed by atoms with Crippen LogP contribution in [0.4, 0.5) is 0 Å². The Morgan fingerprint density at radius 1 is 1.45 bits per heavy atom. The SMILES string of the molecule is C=CC(C)NC(C)CC(C)O. The maximum atomic E-state index is 9.04. The van der Waals surface area contributed by atoms with Crippen molar-refractivity contribution in [2.45, 2.75) is 45.4 Å². The first-order valence-corrected chi connectivity index (χ1v) is 4.13. The Morgan fingerprint density at radius 2 is 2.00 bits per heavy atom. The predicted molar refractivity (Wildman–Crippen MR) is 48.6 cm³/mol. The van der Waals surface area contributed by atoms with Crippen LogP contribution >= 0.6 is 0 Å². The zero-order valence-electron chi connectivity index (χ0n) is 7.67. The maximum Gasteiger partial charge on any atom is 0.0526 e. The minimum absolute atomic E-state index is 0.227. The third-order valence-electron chi connectivity index (χ3n) is 1.60. The summed E-state index contributed by atoms with van der Waals surface area (Å²) < 4.78 is 0. The Kier molecular flexibility index (Phi) is 5.16. The highest BCUT2D eigenvalue weighted by Gasteiger charge is 2.06. The van der Waals surface area contributed by atoms with Crippen LogP contribution in [0.2, 0.25) is 0 Å². The highest BCUT2D eigenvalue weighted by molar-refractivity contribution is 4.83. The molecule has 3 unspecified atom stereocenters. The average molecular weight is 157 g/mol. The molecule has 3 atom stereocenters. The Balaban J connectivity index is 3.51. The van der Waals surface area contributed by atoms with E-state index < -0.39 is 0 Å². The molecule has 0 spiro atoms. The molecule has 0 aliphatic rings. The van der Waals surface area contributed by atoms with Gasteiger partial charge in [0.25, 0.3) is 0 Å². The molecule has 0 fully saturated rings. The number of rotatable bonds is 5. The van der Waals surface area contributed by atoms with Gasteiger partial charge in [-0.25, -0.2) is 0 Å². The summed E-state index contributed by atoms with van der Waals surface area (Å²) in [7, 11) is 0. The molecule has 0 aliphatic carbocycles. The lowest BCUT2D eigenvalue weighted by Gasteiger charge is -2.18. The number of nitrogens with one attached hydrogen (secondary N) is 1. The molecule has 0 saturated heterocycles. The molecule has 0 saturated carbocycles. The van der Waals surface area contributed by atoms with Gasteiger partial charge in [0.2, 0.25) is 0 Å². The Morgan fingerprint density at radius 3 is 2.36 bits per heavy atom. The van der Waals surface area contributed by atoms with Crippen LogP contribution in [-0.2, 0) is 0 Å². The first-order chi connectivity index (χ1) is 5.06. The first kappa shape index (κ1) is 10.7. The molecular formula is C9H19NO. The summed E-state index contributed by atoms with van der Waals surface area (Å²) in [6.07, 6.45) is 2.42. The standard InChI is InChI=1S/C9H19NO/c1-5-7(2)10-8(3)6-9(4)11/h5,7-11H,1,6H2,2-4H3. The second-order valence-electron chi connectivity index (χ2n) is 3.18. The zero-order valence-corrected chi connectivity index (χ0v) is 7.67. The van der Waals surface area contributed by atoms with Gasteiger partial charge in [-0.1, -0.05) is 6.08 Å². The van der Waals surface area contributed by atoms with Crippen molar-refractivity contribution in [2.75, 3.05) is 0 Å². The van der Waals surface area contributed by atoms with Gasteiger partial charge in [-0.2, -0.15) is 0 Å². The smallest absolute Gasteiger partial charge is 0.0526 e. The molecule has 2 nitrogen and oxygen atoms in total. The third-order valence-corrected chi connectivity index (χ3v) is 1.60. The molecule has 0 aromatic carbocycles. The molecule has 11 heavy (non-hydrogen) atoms. The minimum atomic E-state index is -0.227. The van der Waals surface area contributed by atoms with Crippen LogP contribution < -0.4 is 5.32 Å². The van der Waals surface area contributed by atoms with E-state index in [4.69, 9.17) is 5.11 Å². The van der Waals surface area contributed by atoms with Crippen LogP contribution in [0.3, 0.4) is 0 Å². The lowest BCUT2D eigenvalue weighted by Crippen LogP contribution is -2.35. The topological polar surface area (TPSA) is 32.3 Å². The van der Waals surface area contributed by atoms with Gasteiger partial charge in [-0.05, 0) is 27.2 Å². The fourth-order valence-electron chi connectivity index (χ4n) is 1.10. The van der Waals surface area contributed by atoms with Gasteiger partial charge in [-0.3, -0.25) is 0 Å². The summed E-state index contributed by atoms with van der Waals surface area (Å²) in [5.74, 6) is 0. The fraction of sp³-hybridized carbons (Fsp3) is 0.778. The van der Waals surface area contributed by atoms with E-state index >= 15 is 0 Å². The molecule has 0 rings (SSSR count). The van der Waals surface area contributed by atoms with E-state index in [1.165, 1.54) is 0 Å². The van der Waals surface area contributed by atoms with Gasteiger partial charge in [0.15, 0.2) is 0 Å². The summed E-state index contributed by atoms with van der Waals surface area (Å²) in [5, 5.41) is 12.3. The molecule has 0 amide bonds. The lowest BCUT2D eigenvalue weighted by atomic mass is 10.1. The molecular weight excluding hydrogens is 138 g/mol. The fourth-order valence-corrected chi connectivity index (χ4v) is 1.10. The van der Waals surface area contributed by atoms with Crippen molar-refractivity contribution in [1.29, 1.82) is 0 Å². The van der Waals surface area contributed by atoms with Crippen LogP contribution in [0.1, 0.15) is 27.2 Å².